The topological polar surface area (TPSA) is 17.1 Å². The van der Waals surface area contributed by atoms with Gasteiger partial charge < -0.3 is 0 Å². The fourth-order valence-corrected chi connectivity index (χ4v) is 2.91. The Balaban J connectivity index is 1.77. The first-order valence-corrected chi connectivity index (χ1v) is 8.11. The highest BCUT2D eigenvalue weighted by Gasteiger charge is 2.06. The summed E-state index contributed by atoms with van der Waals surface area (Å²) in [4.78, 5) is 12.6. The molecule has 0 atom stereocenters. The van der Waals surface area contributed by atoms with Crippen LogP contribution in [0.5, 0.6) is 0 Å². The highest BCUT2D eigenvalue weighted by molar-refractivity contribution is 9.10. The van der Waals surface area contributed by atoms with E-state index in [1.54, 1.807) is 12.1 Å². The molecule has 0 bridgehead atoms. The molecule has 0 aliphatic rings. The van der Waals surface area contributed by atoms with Crippen molar-refractivity contribution in [3.63, 3.8) is 0 Å². The monoisotopic (exact) mass is 352 g/mol. The maximum atomic E-state index is 13.4. The quantitative estimate of drug-likeness (QED) is 0.396. The second-order valence-electron chi connectivity index (χ2n) is 4.31. The van der Waals surface area contributed by atoms with Gasteiger partial charge in [-0.3, -0.25) is 4.79 Å². The van der Waals surface area contributed by atoms with Gasteiger partial charge in [0.05, 0.1) is 0 Å². The van der Waals surface area contributed by atoms with E-state index in [9.17, 15) is 9.18 Å². The first kappa shape index (κ1) is 15.3. The summed E-state index contributed by atoms with van der Waals surface area (Å²) < 4.78 is 14.3. The van der Waals surface area contributed by atoms with Crippen molar-refractivity contribution in [3.8, 4) is 0 Å². The number of thioether (sulfide) groups is 1. The van der Waals surface area contributed by atoms with E-state index in [0.29, 0.717) is 11.3 Å². The first-order valence-electron chi connectivity index (χ1n) is 6.33. The molecule has 0 amide bonds. The van der Waals surface area contributed by atoms with Crippen molar-refractivity contribution in [1.82, 2.24) is 0 Å². The van der Waals surface area contributed by atoms with Crippen molar-refractivity contribution < 1.29 is 9.18 Å². The Morgan fingerprint density at radius 2 is 1.80 bits per heavy atom. The largest absolute Gasteiger partial charge is 0.294 e. The summed E-state index contributed by atoms with van der Waals surface area (Å²) in [6.07, 6.45) is 1.23. The fraction of sp³-hybridized carbons (Fsp3) is 0.188. The molecular weight excluding hydrogens is 339 g/mol. The molecule has 0 fully saturated rings. The van der Waals surface area contributed by atoms with Gasteiger partial charge in [0, 0.05) is 21.4 Å². The van der Waals surface area contributed by atoms with Crippen LogP contribution in [0.1, 0.15) is 23.2 Å². The van der Waals surface area contributed by atoms with Crippen molar-refractivity contribution in [3.05, 3.63) is 64.4 Å². The van der Waals surface area contributed by atoms with Crippen LogP contribution in [0, 0.1) is 5.82 Å². The van der Waals surface area contributed by atoms with Crippen LogP contribution < -0.4 is 0 Å². The Labute approximate surface area is 130 Å². The SMILES string of the molecule is O=C(CCCSc1ccccc1F)c1ccc(Br)cc1. The summed E-state index contributed by atoms with van der Waals surface area (Å²) in [7, 11) is 0. The molecule has 0 unspecified atom stereocenters. The van der Waals surface area contributed by atoms with Gasteiger partial charge in [-0.2, -0.15) is 0 Å². The van der Waals surface area contributed by atoms with Crippen LogP contribution in [0.3, 0.4) is 0 Å². The zero-order valence-electron chi connectivity index (χ0n) is 10.8. The molecule has 1 nitrogen and oxygen atoms in total. The van der Waals surface area contributed by atoms with E-state index in [-0.39, 0.29) is 11.6 Å². The Bertz CT molecular complexity index is 583. The molecule has 0 radical (unpaired) electrons. The molecule has 4 heteroatoms. The zero-order chi connectivity index (χ0) is 14.4. The van der Waals surface area contributed by atoms with Gasteiger partial charge in [0.25, 0.3) is 0 Å². The lowest BCUT2D eigenvalue weighted by atomic mass is 10.1. The van der Waals surface area contributed by atoms with Crippen molar-refractivity contribution in [2.45, 2.75) is 17.7 Å². The third-order valence-electron chi connectivity index (χ3n) is 2.81. The minimum absolute atomic E-state index is 0.131. The van der Waals surface area contributed by atoms with Gasteiger partial charge in [-0.05, 0) is 36.4 Å². The number of carbonyl (C=O) groups excluding carboxylic acids is 1. The van der Waals surface area contributed by atoms with Crippen molar-refractivity contribution in [2.75, 3.05) is 5.75 Å². The van der Waals surface area contributed by atoms with E-state index in [2.05, 4.69) is 15.9 Å². The summed E-state index contributed by atoms with van der Waals surface area (Å²) in [5.41, 5.74) is 0.726. The molecule has 0 saturated carbocycles. The number of rotatable bonds is 6. The molecular formula is C16H14BrFOS. The van der Waals surface area contributed by atoms with Crippen LogP contribution in [-0.2, 0) is 0 Å². The maximum absolute atomic E-state index is 13.4. The van der Waals surface area contributed by atoms with Crippen molar-refractivity contribution in [1.29, 1.82) is 0 Å². The lowest BCUT2D eigenvalue weighted by Gasteiger charge is -2.03. The molecule has 0 aliphatic carbocycles. The molecule has 0 spiro atoms. The smallest absolute Gasteiger partial charge is 0.162 e. The molecule has 0 aliphatic heterocycles. The molecule has 0 aromatic heterocycles. The van der Waals surface area contributed by atoms with Crippen LogP contribution in [-0.4, -0.2) is 11.5 Å². The van der Waals surface area contributed by atoms with Crippen LogP contribution >= 0.6 is 27.7 Å². The first-order chi connectivity index (χ1) is 9.66. The Hall–Kier alpha value is -1.13. The van der Waals surface area contributed by atoms with Crippen LogP contribution in [0.4, 0.5) is 4.39 Å². The zero-order valence-corrected chi connectivity index (χ0v) is 13.2. The van der Waals surface area contributed by atoms with Crippen LogP contribution in [0.25, 0.3) is 0 Å². The molecule has 0 heterocycles. The van der Waals surface area contributed by atoms with Crippen molar-refractivity contribution >= 4 is 33.5 Å². The number of halogens is 2. The van der Waals surface area contributed by atoms with E-state index in [0.717, 1.165) is 22.2 Å². The van der Waals surface area contributed by atoms with E-state index >= 15 is 0 Å². The molecule has 20 heavy (non-hydrogen) atoms. The number of carbonyl (C=O) groups is 1. The van der Waals surface area contributed by atoms with Gasteiger partial charge in [-0.15, -0.1) is 11.8 Å². The third-order valence-corrected chi connectivity index (χ3v) is 4.47. The summed E-state index contributed by atoms with van der Waals surface area (Å²) in [6.45, 7) is 0. The predicted octanol–water partition coefficient (Wildman–Crippen LogP) is 5.34. The van der Waals surface area contributed by atoms with Gasteiger partial charge >= 0.3 is 0 Å². The Kier molecular flexibility index (Phi) is 5.80. The minimum atomic E-state index is -0.197. The summed E-state index contributed by atoms with van der Waals surface area (Å²) in [5.74, 6) is 0.673. The highest BCUT2D eigenvalue weighted by Crippen LogP contribution is 2.22. The van der Waals surface area contributed by atoms with E-state index < -0.39 is 0 Å². The normalized spacial score (nSPS) is 10.5. The van der Waals surface area contributed by atoms with Crippen molar-refractivity contribution in [2.24, 2.45) is 0 Å². The highest BCUT2D eigenvalue weighted by atomic mass is 79.9. The number of ketones is 1. The van der Waals surface area contributed by atoms with E-state index in [4.69, 9.17) is 0 Å². The van der Waals surface area contributed by atoms with Gasteiger partial charge in [0.15, 0.2) is 5.78 Å². The lowest BCUT2D eigenvalue weighted by Crippen LogP contribution is -1.99. The molecule has 2 aromatic carbocycles. The standard InChI is InChI=1S/C16H14BrFOS/c17-13-9-7-12(8-10-13)15(19)5-3-11-20-16-6-2-1-4-14(16)18/h1-2,4,6-10H,3,5,11H2. The summed E-state index contributed by atoms with van der Waals surface area (Å²) in [5, 5.41) is 0. The van der Waals surface area contributed by atoms with Gasteiger partial charge in [0.1, 0.15) is 5.82 Å². The summed E-state index contributed by atoms with van der Waals surface area (Å²) in [6, 6.07) is 14.1. The number of benzene rings is 2. The third kappa shape index (κ3) is 4.46. The van der Waals surface area contributed by atoms with Gasteiger partial charge in [-0.25, -0.2) is 4.39 Å². The lowest BCUT2D eigenvalue weighted by molar-refractivity contribution is 0.0982. The average molecular weight is 353 g/mol. The second-order valence-corrected chi connectivity index (χ2v) is 6.36. The maximum Gasteiger partial charge on any atom is 0.162 e. The number of hydrogen-bond donors (Lipinski definition) is 0. The number of Topliss-reactive ketones (excluding diaryl/α,β-unsaturated/α-hetero) is 1. The van der Waals surface area contributed by atoms with E-state index in [1.807, 2.05) is 30.3 Å². The Morgan fingerprint density at radius 1 is 1.10 bits per heavy atom. The molecule has 104 valence electrons. The van der Waals surface area contributed by atoms with Crippen LogP contribution in [0.15, 0.2) is 57.9 Å². The van der Waals surface area contributed by atoms with Gasteiger partial charge in [0.2, 0.25) is 0 Å². The average Bonchev–Trinajstić information content (AvgIpc) is 2.46. The summed E-state index contributed by atoms with van der Waals surface area (Å²) >= 11 is 4.79. The van der Waals surface area contributed by atoms with Gasteiger partial charge in [-0.1, -0.05) is 40.2 Å². The molecule has 2 aromatic rings. The second kappa shape index (κ2) is 7.60. The predicted molar refractivity (Wildman–Crippen MR) is 84.8 cm³/mol. The Morgan fingerprint density at radius 3 is 2.50 bits per heavy atom. The molecule has 0 N–H and O–H groups in total. The fourth-order valence-electron chi connectivity index (χ4n) is 1.76. The molecule has 2 rings (SSSR count). The van der Waals surface area contributed by atoms with E-state index in [1.165, 1.54) is 17.8 Å². The minimum Gasteiger partial charge on any atom is -0.294 e. The molecule has 0 saturated heterocycles. The van der Waals surface area contributed by atoms with Crippen LogP contribution in [0.2, 0.25) is 0 Å². The number of hydrogen-bond acceptors (Lipinski definition) is 2.